The van der Waals surface area contributed by atoms with Crippen molar-refractivity contribution in [3.05, 3.63) is 83.9 Å². The van der Waals surface area contributed by atoms with Crippen LogP contribution in [0, 0.1) is 0 Å². The number of carbonyl (C=O) groups is 1. The number of amides is 1. The average Bonchev–Trinajstić information content (AvgIpc) is 2.75. The molecular weight excluding hydrogens is 404 g/mol. The first kappa shape index (κ1) is 23.0. The summed E-state index contributed by atoms with van der Waals surface area (Å²) in [5.74, 6) is 0.866. The number of nitrogen functional groups attached to an aromatic ring is 1. The van der Waals surface area contributed by atoms with Crippen molar-refractivity contribution in [1.82, 2.24) is 0 Å². The summed E-state index contributed by atoms with van der Waals surface area (Å²) >= 11 is 0. The van der Waals surface area contributed by atoms with Crippen LogP contribution < -0.4 is 33.8 Å². The number of carbonyl (C=O) groups excluding carboxylic acids is 1. The van der Waals surface area contributed by atoms with E-state index in [0.29, 0.717) is 11.5 Å². The summed E-state index contributed by atoms with van der Waals surface area (Å²) < 4.78 is 4.87. The number of aromatic amines is 1. The topological polar surface area (TPSA) is 111 Å². The normalized spacial score (nSPS) is 12.2. The van der Waals surface area contributed by atoms with Gasteiger partial charge in [0.25, 0.3) is 0 Å². The van der Waals surface area contributed by atoms with Crippen molar-refractivity contribution in [3.8, 4) is 0 Å². The first-order chi connectivity index (χ1) is 14.1. The number of rotatable bonds is 7. The van der Waals surface area contributed by atoms with Gasteiger partial charge in [0.1, 0.15) is 17.8 Å². The quantitative estimate of drug-likeness (QED) is 0.439. The van der Waals surface area contributed by atoms with Gasteiger partial charge in [-0.25, -0.2) is 9.78 Å². The highest BCUT2D eigenvalue weighted by molar-refractivity contribution is 5.87. The Bertz CT molecular complexity index is 942. The van der Waals surface area contributed by atoms with Gasteiger partial charge in [-0.3, -0.25) is 10.6 Å². The van der Waals surface area contributed by atoms with Gasteiger partial charge in [0.05, 0.1) is 6.61 Å². The molecule has 3 rings (SSSR count). The van der Waals surface area contributed by atoms with Gasteiger partial charge >= 0.3 is 6.09 Å². The summed E-state index contributed by atoms with van der Waals surface area (Å²) in [6.07, 6.45) is -1.36. The number of aliphatic hydroxyl groups excluding tert-OH is 1. The molecule has 3 aromatic rings. The molecule has 0 saturated carbocycles. The van der Waals surface area contributed by atoms with E-state index in [-0.39, 0.29) is 24.8 Å². The van der Waals surface area contributed by atoms with Crippen molar-refractivity contribution in [2.75, 3.05) is 23.0 Å². The Hall–Kier alpha value is -3.29. The van der Waals surface area contributed by atoms with Crippen LogP contribution in [-0.4, -0.2) is 17.8 Å². The molecule has 0 spiro atoms. The van der Waals surface area contributed by atoms with Gasteiger partial charge in [-0.1, -0.05) is 60.7 Å². The van der Waals surface area contributed by atoms with Crippen molar-refractivity contribution in [2.45, 2.75) is 19.1 Å². The lowest BCUT2D eigenvalue weighted by Gasteiger charge is -2.23. The van der Waals surface area contributed by atoms with E-state index in [1.165, 1.54) is 0 Å². The van der Waals surface area contributed by atoms with E-state index in [1.807, 2.05) is 60.7 Å². The number of ether oxygens (including phenoxy) is 1. The number of H-pyrrole nitrogens is 1. The average molecular weight is 429 g/mol. The molecule has 1 heterocycles. The van der Waals surface area contributed by atoms with Crippen LogP contribution in [0.2, 0.25) is 0 Å². The Morgan fingerprint density at radius 2 is 1.63 bits per heavy atom. The standard InChI is InChI=1S/C22H24N4O3.ClH/c1-2-29-22(28)24-17-13-14-18(26-21(17)23)25-19(15-9-5-3-6-10-15)20(27)16-11-7-4-8-12-16;/h3-14,19-20,27H,2H2,1H3,(H,24,28)(H3,23,25,26);1H. The van der Waals surface area contributed by atoms with Gasteiger partial charge in [-0.15, -0.1) is 0 Å². The third kappa shape index (κ3) is 5.85. The molecule has 0 radical (unpaired) electrons. The Balaban J connectivity index is 0.00000320. The fourth-order valence-corrected chi connectivity index (χ4v) is 3.00. The molecule has 0 aliphatic rings. The molecule has 0 aliphatic carbocycles. The number of anilines is 3. The predicted octanol–water partition coefficient (Wildman–Crippen LogP) is 0.542. The number of nitrogens with one attached hydrogen (secondary N) is 3. The van der Waals surface area contributed by atoms with Crippen molar-refractivity contribution >= 4 is 23.4 Å². The minimum atomic E-state index is -0.787. The van der Waals surface area contributed by atoms with E-state index in [1.54, 1.807) is 19.1 Å². The van der Waals surface area contributed by atoms with Crippen LogP contribution >= 0.6 is 0 Å². The zero-order valence-electron chi connectivity index (χ0n) is 16.5. The Morgan fingerprint density at radius 1 is 1.03 bits per heavy atom. The van der Waals surface area contributed by atoms with Crippen LogP contribution in [0.1, 0.15) is 30.2 Å². The maximum Gasteiger partial charge on any atom is 0.411 e. The Labute approximate surface area is 181 Å². The van der Waals surface area contributed by atoms with E-state index in [9.17, 15) is 9.90 Å². The maximum atomic E-state index is 11.6. The summed E-state index contributed by atoms with van der Waals surface area (Å²) in [5, 5.41) is 16.9. The third-order valence-corrected chi connectivity index (χ3v) is 4.41. The number of aliphatic hydroxyl groups is 1. The molecule has 2 unspecified atom stereocenters. The fourth-order valence-electron chi connectivity index (χ4n) is 3.00. The first-order valence-electron chi connectivity index (χ1n) is 9.38. The van der Waals surface area contributed by atoms with Crippen molar-refractivity contribution in [3.63, 3.8) is 0 Å². The molecule has 158 valence electrons. The lowest BCUT2D eigenvalue weighted by Crippen LogP contribution is -3.00. The monoisotopic (exact) mass is 428 g/mol. The third-order valence-electron chi connectivity index (χ3n) is 4.41. The molecule has 0 bridgehead atoms. The molecular formula is C22H25ClN4O3. The lowest BCUT2D eigenvalue weighted by molar-refractivity contribution is -0.343. The van der Waals surface area contributed by atoms with E-state index in [4.69, 9.17) is 10.5 Å². The Kier molecular flexibility index (Phi) is 8.46. The second-order valence-corrected chi connectivity index (χ2v) is 6.43. The second-order valence-electron chi connectivity index (χ2n) is 6.43. The highest BCUT2D eigenvalue weighted by atomic mass is 35.5. The number of hydrogen-bond donors (Lipinski definition) is 4. The smallest absolute Gasteiger partial charge is 0.411 e. The summed E-state index contributed by atoms with van der Waals surface area (Å²) in [7, 11) is 0. The molecule has 0 aliphatic heterocycles. The SMILES string of the molecule is CCOC(=O)Nc1ccc(NC(c2ccccc2)C(O)c2ccccc2)[nH+]c1N.[Cl-]. The molecule has 1 amide bonds. The minimum Gasteiger partial charge on any atom is -1.00 e. The van der Waals surface area contributed by atoms with Gasteiger partial charge in [0.2, 0.25) is 11.6 Å². The highest BCUT2D eigenvalue weighted by Gasteiger charge is 2.26. The van der Waals surface area contributed by atoms with Crippen molar-refractivity contribution in [1.29, 1.82) is 0 Å². The molecule has 0 fully saturated rings. The van der Waals surface area contributed by atoms with E-state index in [0.717, 1.165) is 11.1 Å². The van der Waals surface area contributed by atoms with E-state index >= 15 is 0 Å². The van der Waals surface area contributed by atoms with Crippen LogP contribution in [0.5, 0.6) is 0 Å². The number of aromatic nitrogens is 1. The summed E-state index contributed by atoms with van der Waals surface area (Å²) in [4.78, 5) is 14.6. The highest BCUT2D eigenvalue weighted by Crippen LogP contribution is 2.31. The van der Waals surface area contributed by atoms with Crippen LogP contribution in [0.25, 0.3) is 0 Å². The van der Waals surface area contributed by atoms with Crippen LogP contribution in [0.15, 0.2) is 72.8 Å². The molecule has 6 N–H and O–H groups in total. The molecule has 1 aromatic heterocycles. The first-order valence-corrected chi connectivity index (χ1v) is 9.38. The van der Waals surface area contributed by atoms with Crippen molar-refractivity contribution in [2.24, 2.45) is 0 Å². The lowest BCUT2D eigenvalue weighted by atomic mass is 9.96. The van der Waals surface area contributed by atoms with Gasteiger partial charge in [-0.05, 0) is 24.1 Å². The van der Waals surface area contributed by atoms with Crippen LogP contribution in [0.4, 0.5) is 22.1 Å². The summed E-state index contributed by atoms with van der Waals surface area (Å²) in [5.41, 5.74) is 8.16. The fraction of sp³-hybridized carbons (Fsp3) is 0.182. The molecule has 2 aromatic carbocycles. The molecule has 0 saturated heterocycles. The predicted molar refractivity (Wildman–Crippen MR) is 112 cm³/mol. The van der Waals surface area contributed by atoms with Gasteiger partial charge in [0, 0.05) is 6.07 Å². The second kappa shape index (κ2) is 11.0. The largest absolute Gasteiger partial charge is 1.00 e. The number of benzene rings is 2. The summed E-state index contributed by atoms with van der Waals surface area (Å²) in [6.45, 7) is 2.00. The Morgan fingerprint density at radius 3 is 2.20 bits per heavy atom. The van der Waals surface area contributed by atoms with Crippen molar-refractivity contribution < 1.29 is 32.0 Å². The number of hydrogen-bond acceptors (Lipinski definition) is 5. The van der Waals surface area contributed by atoms with Gasteiger partial charge < -0.3 is 28.0 Å². The van der Waals surface area contributed by atoms with E-state index < -0.39 is 18.2 Å². The number of nitrogens with two attached hydrogens (primary N) is 1. The summed E-state index contributed by atoms with van der Waals surface area (Å²) in [6, 6.07) is 22.1. The van der Waals surface area contributed by atoms with Crippen LogP contribution in [0.3, 0.4) is 0 Å². The zero-order valence-corrected chi connectivity index (χ0v) is 17.3. The molecule has 30 heavy (non-hydrogen) atoms. The molecule has 8 heteroatoms. The maximum absolute atomic E-state index is 11.6. The number of halogens is 1. The van der Waals surface area contributed by atoms with Gasteiger partial charge in [0.15, 0.2) is 0 Å². The molecule has 7 nitrogen and oxygen atoms in total. The molecule has 2 atom stereocenters. The minimum absolute atomic E-state index is 0. The number of pyridine rings is 1. The van der Waals surface area contributed by atoms with Crippen LogP contribution in [-0.2, 0) is 4.74 Å². The zero-order chi connectivity index (χ0) is 20.6. The van der Waals surface area contributed by atoms with Gasteiger partial charge in [-0.2, -0.15) is 0 Å². The van der Waals surface area contributed by atoms with E-state index in [2.05, 4.69) is 15.6 Å².